The van der Waals surface area contributed by atoms with E-state index in [1.165, 1.54) is 18.2 Å². The molecule has 3 aromatic rings. The average molecular weight is 321 g/mol. The molecule has 96 valence electrons. The van der Waals surface area contributed by atoms with Gasteiger partial charge in [0.1, 0.15) is 17.4 Å². The second-order valence-electron chi connectivity index (χ2n) is 4.37. The first kappa shape index (κ1) is 12.2. The fourth-order valence-corrected chi connectivity index (χ4v) is 2.64. The van der Waals surface area contributed by atoms with Gasteiger partial charge < -0.3 is 10.1 Å². The highest BCUT2D eigenvalue weighted by Gasteiger charge is 2.12. The number of aromatic nitrogens is 2. The van der Waals surface area contributed by atoms with E-state index in [-0.39, 0.29) is 5.75 Å². The van der Waals surface area contributed by atoms with Crippen LogP contribution in [0, 0.1) is 12.7 Å². The molecule has 0 amide bonds. The first-order chi connectivity index (χ1) is 9.04. The SMILES string of the molecule is Cc1cc(Br)cc2[nH]c(-c3cc(F)ccc3O)nc12. The number of phenols is 1. The summed E-state index contributed by atoms with van der Waals surface area (Å²) in [6, 6.07) is 7.65. The van der Waals surface area contributed by atoms with Crippen molar-refractivity contribution in [2.24, 2.45) is 0 Å². The van der Waals surface area contributed by atoms with Crippen LogP contribution in [0.5, 0.6) is 5.75 Å². The van der Waals surface area contributed by atoms with Crippen LogP contribution in [0.4, 0.5) is 4.39 Å². The maximum absolute atomic E-state index is 13.3. The Morgan fingerprint density at radius 1 is 1.26 bits per heavy atom. The number of imidazole rings is 1. The third-order valence-electron chi connectivity index (χ3n) is 2.96. The first-order valence-electron chi connectivity index (χ1n) is 5.69. The molecule has 0 aliphatic heterocycles. The van der Waals surface area contributed by atoms with Crippen molar-refractivity contribution in [3.8, 4) is 17.1 Å². The fourth-order valence-electron chi connectivity index (χ4n) is 2.07. The fraction of sp³-hybridized carbons (Fsp3) is 0.0714. The summed E-state index contributed by atoms with van der Waals surface area (Å²) in [5.74, 6) is 0.0385. The van der Waals surface area contributed by atoms with Crippen molar-refractivity contribution in [3.05, 3.63) is 46.2 Å². The van der Waals surface area contributed by atoms with Crippen molar-refractivity contribution in [2.45, 2.75) is 6.92 Å². The zero-order chi connectivity index (χ0) is 13.6. The molecule has 2 N–H and O–H groups in total. The van der Waals surface area contributed by atoms with Crippen molar-refractivity contribution < 1.29 is 9.50 Å². The van der Waals surface area contributed by atoms with Crippen LogP contribution in [-0.2, 0) is 0 Å². The minimum atomic E-state index is -0.411. The van der Waals surface area contributed by atoms with Gasteiger partial charge in [0.25, 0.3) is 0 Å². The number of aryl methyl sites for hydroxylation is 1. The summed E-state index contributed by atoms with van der Waals surface area (Å²) < 4.78 is 14.2. The van der Waals surface area contributed by atoms with Crippen molar-refractivity contribution in [3.63, 3.8) is 0 Å². The molecule has 3 rings (SSSR count). The molecule has 0 atom stereocenters. The maximum Gasteiger partial charge on any atom is 0.142 e. The number of aromatic hydroxyl groups is 1. The van der Waals surface area contributed by atoms with Crippen LogP contribution >= 0.6 is 15.9 Å². The Hall–Kier alpha value is -1.88. The van der Waals surface area contributed by atoms with Gasteiger partial charge in [-0.2, -0.15) is 0 Å². The predicted octanol–water partition coefficient (Wildman–Crippen LogP) is 4.15. The molecular weight excluding hydrogens is 311 g/mol. The third kappa shape index (κ3) is 2.10. The van der Waals surface area contributed by atoms with Crippen LogP contribution in [0.2, 0.25) is 0 Å². The van der Waals surface area contributed by atoms with Gasteiger partial charge in [-0.25, -0.2) is 9.37 Å². The number of nitrogens with zero attached hydrogens (tertiary/aromatic N) is 1. The number of H-pyrrole nitrogens is 1. The van der Waals surface area contributed by atoms with Gasteiger partial charge in [-0.15, -0.1) is 0 Å². The quantitative estimate of drug-likeness (QED) is 0.707. The van der Waals surface area contributed by atoms with Crippen molar-refractivity contribution in [1.82, 2.24) is 9.97 Å². The highest BCUT2D eigenvalue weighted by atomic mass is 79.9. The van der Waals surface area contributed by atoms with Gasteiger partial charge >= 0.3 is 0 Å². The molecule has 1 aromatic heterocycles. The van der Waals surface area contributed by atoms with Crippen LogP contribution in [0.3, 0.4) is 0 Å². The molecule has 0 saturated heterocycles. The Balaban J connectivity index is 2.26. The maximum atomic E-state index is 13.3. The molecule has 0 fully saturated rings. The summed E-state index contributed by atoms with van der Waals surface area (Å²) in [5.41, 5.74) is 3.00. The van der Waals surface area contributed by atoms with Gasteiger partial charge in [-0.1, -0.05) is 15.9 Å². The summed E-state index contributed by atoms with van der Waals surface area (Å²) in [7, 11) is 0. The van der Waals surface area contributed by atoms with Crippen LogP contribution in [-0.4, -0.2) is 15.1 Å². The van der Waals surface area contributed by atoms with E-state index in [1.54, 1.807) is 0 Å². The molecule has 0 unspecified atom stereocenters. The molecule has 19 heavy (non-hydrogen) atoms. The van der Waals surface area contributed by atoms with Crippen molar-refractivity contribution in [1.29, 1.82) is 0 Å². The normalized spacial score (nSPS) is 11.1. The summed E-state index contributed by atoms with van der Waals surface area (Å²) in [6.07, 6.45) is 0. The molecular formula is C14H10BrFN2O. The third-order valence-corrected chi connectivity index (χ3v) is 3.41. The van der Waals surface area contributed by atoms with E-state index in [4.69, 9.17) is 0 Å². The minimum absolute atomic E-state index is 0.00262. The van der Waals surface area contributed by atoms with Crippen LogP contribution < -0.4 is 0 Å². The molecule has 0 radical (unpaired) electrons. The average Bonchev–Trinajstić information content (AvgIpc) is 2.76. The largest absolute Gasteiger partial charge is 0.507 e. The lowest BCUT2D eigenvalue weighted by atomic mass is 10.2. The van der Waals surface area contributed by atoms with E-state index in [2.05, 4.69) is 25.9 Å². The summed E-state index contributed by atoms with van der Waals surface area (Å²) >= 11 is 3.42. The van der Waals surface area contributed by atoms with Crippen molar-refractivity contribution in [2.75, 3.05) is 0 Å². The second kappa shape index (κ2) is 4.35. The van der Waals surface area contributed by atoms with Gasteiger partial charge in [-0.05, 0) is 42.8 Å². The number of aromatic amines is 1. The van der Waals surface area contributed by atoms with Gasteiger partial charge in [0.2, 0.25) is 0 Å². The second-order valence-corrected chi connectivity index (χ2v) is 5.28. The van der Waals surface area contributed by atoms with Gasteiger partial charge in [0.15, 0.2) is 0 Å². The zero-order valence-corrected chi connectivity index (χ0v) is 11.6. The number of rotatable bonds is 1. The lowest BCUT2D eigenvalue weighted by Crippen LogP contribution is -1.83. The van der Waals surface area contributed by atoms with E-state index < -0.39 is 5.82 Å². The number of nitrogens with one attached hydrogen (secondary N) is 1. The van der Waals surface area contributed by atoms with Gasteiger partial charge in [0, 0.05) is 4.47 Å². The summed E-state index contributed by atoms with van der Waals surface area (Å²) in [5, 5.41) is 9.80. The highest BCUT2D eigenvalue weighted by molar-refractivity contribution is 9.10. The Morgan fingerprint density at radius 2 is 2.05 bits per heavy atom. The molecule has 0 saturated carbocycles. The monoisotopic (exact) mass is 320 g/mol. The smallest absolute Gasteiger partial charge is 0.142 e. The van der Waals surface area contributed by atoms with E-state index in [0.717, 1.165) is 21.1 Å². The Morgan fingerprint density at radius 3 is 2.84 bits per heavy atom. The Kier molecular flexibility index (Phi) is 2.78. The Labute approximate surface area is 117 Å². The number of benzene rings is 2. The first-order valence-corrected chi connectivity index (χ1v) is 6.48. The summed E-state index contributed by atoms with van der Waals surface area (Å²) in [4.78, 5) is 7.52. The lowest BCUT2D eigenvalue weighted by molar-refractivity contribution is 0.475. The number of phenolic OH excluding ortho intramolecular Hbond substituents is 1. The molecule has 3 nitrogen and oxygen atoms in total. The molecule has 1 heterocycles. The standard InChI is InChI=1S/C14H10BrFN2O/c1-7-4-8(15)5-11-13(7)18-14(17-11)10-6-9(16)2-3-12(10)19/h2-6,19H,1H3,(H,17,18). The molecule has 0 spiro atoms. The van der Waals surface area contributed by atoms with E-state index in [9.17, 15) is 9.50 Å². The Bertz CT molecular complexity index is 782. The van der Waals surface area contributed by atoms with E-state index in [1.807, 2.05) is 19.1 Å². The topological polar surface area (TPSA) is 48.9 Å². The van der Waals surface area contributed by atoms with Crippen LogP contribution in [0.25, 0.3) is 22.4 Å². The van der Waals surface area contributed by atoms with Crippen LogP contribution in [0.15, 0.2) is 34.8 Å². The molecule has 2 aromatic carbocycles. The molecule has 5 heteroatoms. The zero-order valence-electron chi connectivity index (χ0n) is 10.0. The molecule has 0 bridgehead atoms. The van der Waals surface area contributed by atoms with Gasteiger partial charge in [0.05, 0.1) is 16.6 Å². The number of hydrogen-bond donors (Lipinski definition) is 2. The minimum Gasteiger partial charge on any atom is -0.507 e. The number of fused-ring (bicyclic) bond motifs is 1. The lowest BCUT2D eigenvalue weighted by Gasteiger charge is -2.00. The van der Waals surface area contributed by atoms with Crippen LogP contribution in [0.1, 0.15) is 5.56 Å². The molecule has 0 aliphatic carbocycles. The predicted molar refractivity (Wildman–Crippen MR) is 75.6 cm³/mol. The van der Waals surface area contributed by atoms with E-state index in [0.29, 0.717) is 11.4 Å². The number of halogens is 2. The van der Waals surface area contributed by atoms with E-state index >= 15 is 0 Å². The van der Waals surface area contributed by atoms with Crippen molar-refractivity contribution >= 4 is 27.0 Å². The summed E-state index contributed by atoms with van der Waals surface area (Å²) in [6.45, 7) is 1.95. The molecule has 0 aliphatic rings. The number of hydrogen-bond acceptors (Lipinski definition) is 2. The highest BCUT2D eigenvalue weighted by Crippen LogP contribution is 2.31. The van der Waals surface area contributed by atoms with Gasteiger partial charge in [-0.3, -0.25) is 0 Å².